The predicted octanol–water partition coefficient (Wildman–Crippen LogP) is 0.0525. The molecule has 1 atom stereocenters. The Hall–Kier alpha value is -2.38. The summed E-state index contributed by atoms with van der Waals surface area (Å²) >= 11 is 0. The van der Waals surface area contributed by atoms with Gasteiger partial charge in [-0.15, -0.1) is 0 Å². The molecule has 0 bridgehead atoms. The molecule has 0 aliphatic carbocycles. The SMILES string of the molecule is CC(=O)N1CCN(C(=O)c2c(C)noc2C)C[C@@H]1C(=O)N(C)C. The number of carbonyl (C=O) groups is 3. The number of nitrogens with zero attached hydrogens (tertiary/aromatic N) is 4. The Balaban J connectivity index is 2.25. The van der Waals surface area contributed by atoms with Crippen molar-refractivity contribution in [2.75, 3.05) is 33.7 Å². The summed E-state index contributed by atoms with van der Waals surface area (Å²) in [6.07, 6.45) is 0. The van der Waals surface area contributed by atoms with Gasteiger partial charge in [-0.1, -0.05) is 5.16 Å². The van der Waals surface area contributed by atoms with Gasteiger partial charge in [-0.3, -0.25) is 14.4 Å². The molecule has 0 radical (unpaired) electrons. The normalized spacial score (nSPS) is 18.0. The first kappa shape index (κ1) is 17.0. The molecule has 1 saturated heterocycles. The van der Waals surface area contributed by atoms with Gasteiger partial charge < -0.3 is 19.2 Å². The summed E-state index contributed by atoms with van der Waals surface area (Å²) in [4.78, 5) is 41.4. The highest BCUT2D eigenvalue weighted by Gasteiger charge is 2.37. The number of hydrogen-bond acceptors (Lipinski definition) is 5. The largest absolute Gasteiger partial charge is 0.361 e. The number of aromatic nitrogens is 1. The van der Waals surface area contributed by atoms with E-state index in [4.69, 9.17) is 4.52 Å². The zero-order chi connectivity index (χ0) is 17.3. The molecule has 1 aliphatic rings. The number of likely N-dealkylation sites (N-methyl/N-ethyl adjacent to an activating group) is 1. The highest BCUT2D eigenvalue weighted by molar-refractivity contribution is 5.97. The first-order valence-electron chi connectivity index (χ1n) is 7.44. The van der Waals surface area contributed by atoms with Crippen LogP contribution in [0.2, 0.25) is 0 Å². The summed E-state index contributed by atoms with van der Waals surface area (Å²) in [6.45, 7) is 5.69. The molecule has 8 nitrogen and oxygen atoms in total. The fraction of sp³-hybridized carbons (Fsp3) is 0.600. The summed E-state index contributed by atoms with van der Waals surface area (Å²) in [5.74, 6) is -0.135. The monoisotopic (exact) mass is 322 g/mol. The molecule has 1 aromatic heterocycles. The first-order chi connectivity index (χ1) is 10.7. The van der Waals surface area contributed by atoms with Gasteiger partial charge in [-0.2, -0.15) is 0 Å². The van der Waals surface area contributed by atoms with Crippen LogP contribution in [0.5, 0.6) is 0 Å². The summed E-state index contributed by atoms with van der Waals surface area (Å²) < 4.78 is 5.04. The Bertz CT molecular complexity index is 618. The topological polar surface area (TPSA) is 87.0 Å². The average molecular weight is 322 g/mol. The molecule has 2 heterocycles. The van der Waals surface area contributed by atoms with E-state index in [-0.39, 0.29) is 24.3 Å². The van der Waals surface area contributed by atoms with Crippen molar-refractivity contribution in [3.05, 3.63) is 17.0 Å². The molecule has 126 valence electrons. The maximum atomic E-state index is 12.7. The molecule has 23 heavy (non-hydrogen) atoms. The third-order valence-corrected chi connectivity index (χ3v) is 4.05. The standard InChI is InChI=1S/C15H22N4O4/c1-9-13(10(2)23-16-9)15(22)18-6-7-19(11(3)20)12(8-18)14(21)17(4)5/h12H,6-8H2,1-5H3/t12-/m1/s1. The third-order valence-electron chi connectivity index (χ3n) is 4.05. The van der Waals surface area contributed by atoms with E-state index in [2.05, 4.69) is 5.16 Å². The van der Waals surface area contributed by atoms with Gasteiger partial charge in [-0.05, 0) is 13.8 Å². The number of hydrogen-bond donors (Lipinski definition) is 0. The van der Waals surface area contributed by atoms with Crippen LogP contribution < -0.4 is 0 Å². The quantitative estimate of drug-likeness (QED) is 0.768. The summed E-state index contributed by atoms with van der Waals surface area (Å²) in [6, 6.07) is -0.666. The first-order valence-corrected chi connectivity index (χ1v) is 7.44. The van der Waals surface area contributed by atoms with E-state index in [9.17, 15) is 14.4 Å². The molecule has 0 aromatic carbocycles. The van der Waals surface area contributed by atoms with Gasteiger partial charge >= 0.3 is 0 Å². The number of amides is 3. The van der Waals surface area contributed by atoms with Gasteiger partial charge in [0.1, 0.15) is 17.4 Å². The summed E-state index contributed by atoms with van der Waals surface area (Å²) in [5.41, 5.74) is 0.953. The van der Waals surface area contributed by atoms with Crippen LogP contribution in [0.1, 0.15) is 28.7 Å². The molecule has 8 heteroatoms. The molecule has 0 saturated carbocycles. The van der Waals surface area contributed by atoms with Gasteiger partial charge in [0.15, 0.2) is 0 Å². The second-order valence-corrected chi connectivity index (χ2v) is 5.91. The zero-order valence-corrected chi connectivity index (χ0v) is 14.1. The van der Waals surface area contributed by atoms with E-state index in [1.54, 1.807) is 32.8 Å². The number of rotatable bonds is 2. The Kier molecular flexibility index (Phi) is 4.72. The van der Waals surface area contributed by atoms with E-state index in [0.29, 0.717) is 30.1 Å². The number of aryl methyl sites for hydroxylation is 2. The molecule has 0 unspecified atom stereocenters. The van der Waals surface area contributed by atoms with Crippen molar-refractivity contribution in [1.82, 2.24) is 19.9 Å². The van der Waals surface area contributed by atoms with Crippen LogP contribution in [0.4, 0.5) is 0 Å². The average Bonchev–Trinajstić information content (AvgIpc) is 2.83. The fourth-order valence-corrected chi connectivity index (χ4v) is 2.80. The lowest BCUT2D eigenvalue weighted by atomic mass is 10.1. The van der Waals surface area contributed by atoms with E-state index in [1.165, 1.54) is 16.7 Å². The minimum absolute atomic E-state index is 0.166. The van der Waals surface area contributed by atoms with Crippen LogP contribution in [0.3, 0.4) is 0 Å². The zero-order valence-electron chi connectivity index (χ0n) is 14.1. The maximum Gasteiger partial charge on any atom is 0.259 e. The van der Waals surface area contributed by atoms with Crippen molar-refractivity contribution >= 4 is 17.7 Å². The van der Waals surface area contributed by atoms with Gasteiger partial charge in [0.25, 0.3) is 5.91 Å². The van der Waals surface area contributed by atoms with E-state index in [0.717, 1.165) is 0 Å². The van der Waals surface area contributed by atoms with Crippen LogP contribution in [-0.4, -0.2) is 77.3 Å². The molecule has 1 aromatic rings. The lowest BCUT2D eigenvalue weighted by Crippen LogP contribution is -2.61. The minimum Gasteiger partial charge on any atom is -0.361 e. The highest BCUT2D eigenvalue weighted by Crippen LogP contribution is 2.19. The smallest absolute Gasteiger partial charge is 0.259 e. The van der Waals surface area contributed by atoms with Crippen molar-refractivity contribution in [2.45, 2.75) is 26.8 Å². The van der Waals surface area contributed by atoms with Gasteiger partial charge in [0.2, 0.25) is 11.8 Å². The van der Waals surface area contributed by atoms with Gasteiger partial charge in [-0.25, -0.2) is 0 Å². The Labute approximate surface area is 135 Å². The van der Waals surface area contributed by atoms with Crippen molar-refractivity contribution < 1.29 is 18.9 Å². The number of carbonyl (C=O) groups excluding carboxylic acids is 3. The molecule has 1 aliphatic heterocycles. The molecule has 1 fully saturated rings. The Morgan fingerprint density at radius 2 is 1.87 bits per heavy atom. The molecule has 3 amide bonds. The van der Waals surface area contributed by atoms with Gasteiger partial charge in [0, 0.05) is 34.1 Å². The molecule has 2 rings (SSSR count). The van der Waals surface area contributed by atoms with Crippen LogP contribution in [-0.2, 0) is 9.59 Å². The van der Waals surface area contributed by atoms with Crippen molar-refractivity contribution in [2.24, 2.45) is 0 Å². The highest BCUT2D eigenvalue weighted by atomic mass is 16.5. The summed E-state index contributed by atoms with van der Waals surface area (Å²) in [5, 5.41) is 3.80. The van der Waals surface area contributed by atoms with E-state index >= 15 is 0 Å². The maximum absolute atomic E-state index is 12.7. The van der Waals surface area contributed by atoms with E-state index in [1.807, 2.05) is 0 Å². The van der Waals surface area contributed by atoms with E-state index < -0.39 is 6.04 Å². The number of piperazine rings is 1. The molecule has 0 N–H and O–H groups in total. The van der Waals surface area contributed by atoms with Crippen molar-refractivity contribution in [1.29, 1.82) is 0 Å². The lowest BCUT2D eigenvalue weighted by molar-refractivity contribution is -0.146. The Morgan fingerprint density at radius 1 is 1.22 bits per heavy atom. The van der Waals surface area contributed by atoms with Crippen molar-refractivity contribution in [3.8, 4) is 0 Å². The van der Waals surface area contributed by atoms with Gasteiger partial charge in [0.05, 0.1) is 12.2 Å². The van der Waals surface area contributed by atoms with Crippen LogP contribution >= 0.6 is 0 Å². The fourth-order valence-electron chi connectivity index (χ4n) is 2.80. The third kappa shape index (κ3) is 3.20. The van der Waals surface area contributed by atoms with Crippen LogP contribution in [0, 0.1) is 13.8 Å². The molecular formula is C15H22N4O4. The van der Waals surface area contributed by atoms with Crippen molar-refractivity contribution in [3.63, 3.8) is 0 Å². The molecule has 0 spiro atoms. The summed E-state index contributed by atoms with van der Waals surface area (Å²) in [7, 11) is 3.27. The second kappa shape index (κ2) is 6.39. The minimum atomic E-state index is -0.666. The predicted molar refractivity (Wildman–Crippen MR) is 81.7 cm³/mol. The van der Waals surface area contributed by atoms with Crippen LogP contribution in [0.15, 0.2) is 4.52 Å². The van der Waals surface area contributed by atoms with Crippen LogP contribution in [0.25, 0.3) is 0 Å². The Morgan fingerprint density at radius 3 is 2.35 bits per heavy atom. The lowest BCUT2D eigenvalue weighted by Gasteiger charge is -2.40. The molecular weight excluding hydrogens is 300 g/mol. The second-order valence-electron chi connectivity index (χ2n) is 5.91.